The number of imidazole rings is 1. The van der Waals surface area contributed by atoms with Crippen molar-refractivity contribution in [2.45, 2.75) is 6.54 Å². The average Bonchev–Trinajstić information content (AvgIpc) is 2.80. The molecule has 0 aliphatic carbocycles. The Bertz CT molecular complexity index is 789. The molecule has 0 unspecified atom stereocenters. The third kappa shape index (κ3) is 2.00. The maximum absolute atomic E-state index is 13.7. The zero-order valence-corrected chi connectivity index (χ0v) is 12.5. The standard InChI is InChI=1S/C13H10ClFN4OS/c1-18-4-8-11(12(16)21)17-5-19(8)7-3-2-6(15)10(14)9(7)13(18)20/h2-3,5H,4H2,1H3,(H2,16,21). The van der Waals surface area contributed by atoms with Gasteiger partial charge in [0.1, 0.15) is 22.8 Å². The quantitative estimate of drug-likeness (QED) is 0.814. The van der Waals surface area contributed by atoms with Crippen molar-refractivity contribution in [1.82, 2.24) is 14.5 Å². The molecule has 0 atom stereocenters. The van der Waals surface area contributed by atoms with Crippen LogP contribution in [0.5, 0.6) is 0 Å². The number of thiocarbonyl (C=S) groups is 1. The van der Waals surface area contributed by atoms with Crippen LogP contribution in [-0.4, -0.2) is 32.4 Å². The molecule has 1 amide bonds. The maximum Gasteiger partial charge on any atom is 0.257 e. The molecule has 0 spiro atoms. The Morgan fingerprint density at radius 2 is 2.24 bits per heavy atom. The summed E-state index contributed by atoms with van der Waals surface area (Å²) in [5.41, 5.74) is 7.32. The highest BCUT2D eigenvalue weighted by atomic mass is 35.5. The van der Waals surface area contributed by atoms with E-state index < -0.39 is 5.82 Å². The number of carbonyl (C=O) groups excluding carboxylic acids is 1. The zero-order chi connectivity index (χ0) is 15.3. The number of nitrogens with zero attached hydrogens (tertiary/aromatic N) is 3. The van der Waals surface area contributed by atoms with Crippen LogP contribution in [0.3, 0.4) is 0 Å². The van der Waals surface area contributed by atoms with Crippen LogP contribution in [0.25, 0.3) is 5.69 Å². The van der Waals surface area contributed by atoms with E-state index in [1.165, 1.54) is 23.4 Å². The van der Waals surface area contributed by atoms with Crippen molar-refractivity contribution in [3.8, 4) is 5.69 Å². The Hall–Kier alpha value is -1.99. The number of hydrogen-bond acceptors (Lipinski definition) is 3. The maximum atomic E-state index is 13.7. The Balaban J connectivity index is 2.36. The number of hydrogen-bond donors (Lipinski definition) is 1. The molecule has 0 bridgehead atoms. The molecular weight excluding hydrogens is 315 g/mol. The first-order valence-corrected chi connectivity index (χ1v) is 6.80. The second kappa shape index (κ2) is 4.78. The van der Waals surface area contributed by atoms with Crippen molar-refractivity contribution in [1.29, 1.82) is 0 Å². The molecule has 1 aliphatic rings. The Labute approximate surface area is 130 Å². The highest BCUT2D eigenvalue weighted by molar-refractivity contribution is 7.80. The van der Waals surface area contributed by atoms with Crippen molar-refractivity contribution < 1.29 is 9.18 Å². The molecule has 2 N–H and O–H groups in total. The lowest BCUT2D eigenvalue weighted by Gasteiger charge is -2.15. The van der Waals surface area contributed by atoms with E-state index in [1.807, 2.05) is 0 Å². The van der Waals surface area contributed by atoms with Crippen LogP contribution in [-0.2, 0) is 6.54 Å². The van der Waals surface area contributed by atoms with Crippen molar-refractivity contribution >= 4 is 34.7 Å². The van der Waals surface area contributed by atoms with Crippen LogP contribution >= 0.6 is 23.8 Å². The molecule has 0 fully saturated rings. The lowest BCUT2D eigenvalue weighted by Crippen LogP contribution is -2.26. The van der Waals surface area contributed by atoms with Crippen molar-refractivity contribution in [2.75, 3.05) is 7.05 Å². The number of benzene rings is 1. The summed E-state index contributed by atoms with van der Waals surface area (Å²) in [6.45, 7) is 0.248. The third-order valence-corrected chi connectivity index (χ3v) is 3.94. The summed E-state index contributed by atoms with van der Waals surface area (Å²) in [7, 11) is 1.60. The Morgan fingerprint density at radius 1 is 1.52 bits per heavy atom. The summed E-state index contributed by atoms with van der Waals surface area (Å²) in [6, 6.07) is 2.70. The van der Waals surface area contributed by atoms with Gasteiger partial charge in [-0.2, -0.15) is 0 Å². The zero-order valence-electron chi connectivity index (χ0n) is 10.9. The fourth-order valence-corrected chi connectivity index (χ4v) is 2.78. The SMILES string of the molecule is CN1Cc2c(C(N)=S)ncn2-c2ccc(F)c(Cl)c2C1=O. The van der Waals surface area contributed by atoms with E-state index in [0.29, 0.717) is 17.1 Å². The van der Waals surface area contributed by atoms with Crippen LogP contribution < -0.4 is 5.73 Å². The number of halogens is 2. The van der Waals surface area contributed by atoms with Gasteiger partial charge in [0, 0.05) is 7.05 Å². The molecule has 8 heteroatoms. The van der Waals surface area contributed by atoms with Gasteiger partial charge in [-0.05, 0) is 12.1 Å². The van der Waals surface area contributed by atoms with E-state index in [-0.39, 0.29) is 28.0 Å². The average molecular weight is 325 g/mol. The fourth-order valence-electron chi connectivity index (χ4n) is 2.37. The van der Waals surface area contributed by atoms with Crippen molar-refractivity contribution in [3.63, 3.8) is 0 Å². The van der Waals surface area contributed by atoms with Crippen molar-refractivity contribution in [3.05, 3.63) is 46.3 Å². The molecule has 1 aromatic heterocycles. The third-order valence-electron chi connectivity index (χ3n) is 3.38. The Morgan fingerprint density at radius 3 is 2.90 bits per heavy atom. The van der Waals surface area contributed by atoms with Gasteiger partial charge in [0.05, 0.1) is 28.5 Å². The van der Waals surface area contributed by atoms with Gasteiger partial charge in [0.15, 0.2) is 0 Å². The van der Waals surface area contributed by atoms with E-state index in [9.17, 15) is 9.18 Å². The van der Waals surface area contributed by atoms with Gasteiger partial charge < -0.3 is 10.6 Å². The first-order chi connectivity index (χ1) is 9.91. The molecule has 2 heterocycles. The van der Waals surface area contributed by atoms with E-state index in [1.54, 1.807) is 11.6 Å². The second-order valence-corrected chi connectivity index (χ2v) is 5.51. The molecule has 1 aromatic carbocycles. The first kappa shape index (κ1) is 14.0. The van der Waals surface area contributed by atoms with E-state index in [2.05, 4.69) is 4.98 Å². The number of amides is 1. The van der Waals surface area contributed by atoms with Gasteiger partial charge in [-0.3, -0.25) is 9.36 Å². The summed E-state index contributed by atoms with van der Waals surface area (Å²) >= 11 is 10.9. The highest BCUT2D eigenvalue weighted by Gasteiger charge is 2.29. The lowest BCUT2D eigenvalue weighted by atomic mass is 10.1. The van der Waals surface area contributed by atoms with Gasteiger partial charge in [0.2, 0.25) is 0 Å². The molecule has 1 aliphatic heterocycles. The molecule has 5 nitrogen and oxygen atoms in total. The normalized spacial score (nSPS) is 13.7. The van der Waals surface area contributed by atoms with Crippen LogP contribution in [0.2, 0.25) is 5.02 Å². The fraction of sp³-hybridized carbons (Fsp3) is 0.154. The number of carbonyl (C=O) groups is 1. The number of fused-ring (bicyclic) bond motifs is 3. The Kier molecular flexibility index (Phi) is 3.18. The summed E-state index contributed by atoms with van der Waals surface area (Å²) in [5, 5.41) is -0.206. The van der Waals surface area contributed by atoms with E-state index in [4.69, 9.17) is 29.6 Å². The summed E-state index contributed by atoms with van der Waals surface area (Å²) in [5.74, 6) is -1.01. The predicted molar refractivity (Wildman–Crippen MR) is 80.2 cm³/mol. The smallest absolute Gasteiger partial charge is 0.257 e. The topological polar surface area (TPSA) is 64.2 Å². The monoisotopic (exact) mass is 324 g/mol. The predicted octanol–water partition coefficient (Wildman–Crippen LogP) is 1.88. The van der Waals surface area contributed by atoms with Gasteiger partial charge in [0.25, 0.3) is 5.91 Å². The molecule has 108 valence electrons. The highest BCUT2D eigenvalue weighted by Crippen LogP contribution is 2.31. The van der Waals surface area contributed by atoms with Gasteiger partial charge in [-0.15, -0.1) is 0 Å². The number of aromatic nitrogens is 2. The van der Waals surface area contributed by atoms with Crippen LogP contribution in [0.15, 0.2) is 18.5 Å². The first-order valence-electron chi connectivity index (χ1n) is 6.01. The minimum atomic E-state index is -0.643. The van der Waals surface area contributed by atoms with Crippen LogP contribution in [0.4, 0.5) is 4.39 Å². The molecular formula is C13H10ClFN4OS. The summed E-state index contributed by atoms with van der Waals surface area (Å²) < 4.78 is 15.3. The lowest BCUT2D eigenvalue weighted by molar-refractivity contribution is 0.0787. The van der Waals surface area contributed by atoms with E-state index >= 15 is 0 Å². The van der Waals surface area contributed by atoms with E-state index in [0.717, 1.165) is 0 Å². The summed E-state index contributed by atoms with van der Waals surface area (Å²) in [6.07, 6.45) is 1.50. The van der Waals surface area contributed by atoms with Gasteiger partial charge in [-0.25, -0.2) is 9.37 Å². The second-order valence-electron chi connectivity index (χ2n) is 4.69. The van der Waals surface area contributed by atoms with Gasteiger partial charge >= 0.3 is 0 Å². The largest absolute Gasteiger partial charge is 0.388 e. The minimum absolute atomic E-state index is 0.102. The van der Waals surface area contributed by atoms with Crippen molar-refractivity contribution in [2.24, 2.45) is 5.73 Å². The van der Waals surface area contributed by atoms with Crippen LogP contribution in [0.1, 0.15) is 21.7 Å². The molecule has 21 heavy (non-hydrogen) atoms. The van der Waals surface area contributed by atoms with Gasteiger partial charge in [-0.1, -0.05) is 23.8 Å². The van der Waals surface area contributed by atoms with Crippen LogP contribution in [0, 0.1) is 5.82 Å². The molecule has 2 aromatic rings. The molecule has 0 saturated carbocycles. The summed E-state index contributed by atoms with van der Waals surface area (Å²) in [4.78, 5) is 18.2. The number of nitrogens with two attached hydrogens (primary N) is 1. The molecule has 3 rings (SSSR count). The number of rotatable bonds is 1. The molecule has 0 radical (unpaired) electrons. The minimum Gasteiger partial charge on any atom is -0.388 e. The molecule has 0 saturated heterocycles.